The van der Waals surface area contributed by atoms with E-state index in [1.54, 1.807) is 18.2 Å². The van der Waals surface area contributed by atoms with Gasteiger partial charge in [0.2, 0.25) is 10.0 Å². The molecule has 0 aliphatic heterocycles. The Morgan fingerprint density at radius 3 is 2.60 bits per heavy atom. The number of thiophene rings is 1. The highest BCUT2D eigenvalue weighted by atomic mass is 35.5. The van der Waals surface area contributed by atoms with Crippen LogP contribution in [-0.4, -0.2) is 36.6 Å². The number of hydrogen-bond acceptors (Lipinski definition) is 4. The Balaban J connectivity index is 1.97. The molecule has 1 aromatic heterocycles. The molecule has 1 heterocycles. The molecule has 0 radical (unpaired) electrons. The lowest BCUT2D eigenvalue weighted by Crippen LogP contribution is -2.30. The first-order valence-corrected chi connectivity index (χ1v) is 10.8. The maximum absolute atomic E-state index is 12.0. The predicted molar refractivity (Wildman–Crippen MR) is 101 cm³/mol. The van der Waals surface area contributed by atoms with Crippen LogP contribution in [0.5, 0.6) is 0 Å². The number of carbonyl (C=O) groups is 1. The van der Waals surface area contributed by atoms with Crippen molar-refractivity contribution in [2.24, 2.45) is 0 Å². The van der Waals surface area contributed by atoms with Crippen LogP contribution in [0.3, 0.4) is 0 Å². The van der Waals surface area contributed by atoms with E-state index in [1.807, 2.05) is 18.2 Å². The van der Waals surface area contributed by atoms with E-state index in [0.717, 1.165) is 21.7 Å². The van der Waals surface area contributed by atoms with Crippen LogP contribution < -0.4 is 0 Å². The van der Waals surface area contributed by atoms with Crippen molar-refractivity contribution in [3.05, 3.63) is 56.7 Å². The van der Waals surface area contributed by atoms with Gasteiger partial charge in [-0.2, -0.15) is 4.31 Å². The van der Waals surface area contributed by atoms with Gasteiger partial charge >= 0.3 is 5.97 Å². The Morgan fingerprint density at radius 2 is 1.96 bits per heavy atom. The number of rotatable bonds is 9. The fraction of sp³-hybridized carbons (Fsp3) is 0.353. The van der Waals surface area contributed by atoms with E-state index in [4.69, 9.17) is 16.7 Å². The molecule has 0 aliphatic rings. The van der Waals surface area contributed by atoms with Crippen molar-refractivity contribution < 1.29 is 18.3 Å². The molecule has 0 atom stereocenters. The molecule has 25 heavy (non-hydrogen) atoms. The summed E-state index contributed by atoms with van der Waals surface area (Å²) in [4.78, 5) is 12.3. The van der Waals surface area contributed by atoms with E-state index in [-0.39, 0.29) is 13.0 Å². The molecule has 0 saturated carbocycles. The molecule has 2 rings (SSSR count). The molecule has 8 heteroatoms. The first-order chi connectivity index (χ1) is 11.7. The second kappa shape index (κ2) is 8.80. The van der Waals surface area contributed by atoms with Crippen LogP contribution in [-0.2, 0) is 34.2 Å². The van der Waals surface area contributed by atoms with Gasteiger partial charge in [0.05, 0.1) is 12.7 Å². The van der Waals surface area contributed by atoms with Gasteiger partial charge in [-0.25, -0.2) is 8.42 Å². The lowest BCUT2D eigenvalue weighted by atomic mass is 10.1. The average Bonchev–Trinajstić information content (AvgIpc) is 2.91. The fourth-order valence-electron chi connectivity index (χ4n) is 2.44. The van der Waals surface area contributed by atoms with E-state index in [9.17, 15) is 13.2 Å². The number of carboxylic acid groups (broad SMARTS) is 1. The Kier molecular flexibility index (Phi) is 7.01. The monoisotopic (exact) mass is 401 g/mol. The number of aryl methyl sites for hydroxylation is 1. The van der Waals surface area contributed by atoms with Gasteiger partial charge in [-0.05, 0) is 42.7 Å². The Morgan fingerprint density at radius 1 is 1.24 bits per heavy atom. The molecule has 2 aromatic rings. The smallest absolute Gasteiger partial charge is 0.308 e. The van der Waals surface area contributed by atoms with Gasteiger partial charge in [-0.1, -0.05) is 23.7 Å². The zero-order chi connectivity index (χ0) is 18.4. The van der Waals surface area contributed by atoms with Gasteiger partial charge in [0.25, 0.3) is 0 Å². The molecule has 0 amide bonds. The van der Waals surface area contributed by atoms with Gasteiger partial charge in [0, 0.05) is 27.9 Å². The molecular weight excluding hydrogens is 382 g/mol. The molecular formula is C17H20ClNO4S2. The third kappa shape index (κ3) is 6.78. The number of sulfonamides is 1. The molecule has 0 fully saturated rings. The quantitative estimate of drug-likeness (QED) is 0.698. The standard InChI is InChI=1S/C17H20ClNO4S2/c1-25(22,23)19(9-3-5-13-4-2-6-14(18)10-13)12-16-8-7-15(24-16)11-17(20)21/h2,4,6-8,10H,3,5,9,11-12H2,1H3,(H,20,21). The van der Waals surface area contributed by atoms with E-state index >= 15 is 0 Å². The minimum atomic E-state index is -3.34. The highest BCUT2D eigenvalue weighted by Crippen LogP contribution is 2.21. The predicted octanol–water partition coefficient (Wildman–Crippen LogP) is 3.42. The molecule has 0 spiro atoms. The summed E-state index contributed by atoms with van der Waals surface area (Å²) in [7, 11) is -3.34. The normalized spacial score (nSPS) is 11.8. The topological polar surface area (TPSA) is 74.7 Å². The summed E-state index contributed by atoms with van der Waals surface area (Å²) in [5, 5.41) is 9.49. The van der Waals surface area contributed by atoms with Gasteiger partial charge < -0.3 is 5.11 Å². The summed E-state index contributed by atoms with van der Waals surface area (Å²) in [5.41, 5.74) is 1.07. The van der Waals surface area contributed by atoms with Crippen molar-refractivity contribution >= 4 is 38.9 Å². The van der Waals surface area contributed by atoms with E-state index in [1.165, 1.54) is 21.9 Å². The molecule has 0 saturated heterocycles. The molecule has 1 aromatic carbocycles. The number of carboxylic acids is 1. The van der Waals surface area contributed by atoms with E-state index in [0.29, 0.717) is 18.0 Å². The third-order valence-electron chi connectivity index (χ3n) is 3.61. The highest BCUT2D eigenvalue weighted by Gasteiger charge is 2.18. The molecule has 0 bridgehead atoms. The number of halogens is 1. The zero-order valence-corrected chi connectivity index (χ0v) is 16.2. The fourth-order valence-corrected chi connectivity index (χ4v) is 4.59. The maximum Gasteiger partial charge on any atom is 0.308 e. The SMILES string of the molecule is CS(=O)(=O)N(CCCc1cccc(Cl)c1)Cc1ccc(CC(=O)O)s1. The van der Waals surface area contributed by atoms with Gasteiger partial charge in [0.15, 0.2) is 0 Å². The zero-order valence-electron chi connectivity index (χ0n) is 13.8. The number of nitrogens with zero attached hydrogens (tertiary/aromatic N) is 1. The van der Waals surface area contributed by atoms with Crippen LogP contribution in [0.2, 0.25) is 5.02 Å². The van der Waals surface area contributed by atoms with E-state index in [2.05, 4.69) is 0 Å². The summed E-state index contributed by atoms with van der Waals surface area (Å²) in [5.74, 6) is -0.894. The lowest BCUT2D eigenvalue weighted by molar-refractivity contribution is -0.136. The third-order valence-corrected chi connectivity index (χ3v) is 6.16. The second-order valence-corrected chi connectivity index (χ2v) is 9.44. The van der Waals surface area contributed by atoms with Gasteiger partial charge in [-0.15, -0.1) is 11.3 Å². The molecule has 136 valence electrons. The summed E-state index contributed by atoms with van der Waals surface area (Å²) < 4.78 is 25.5. The maximum atomic E-state index is 12.0. The molecule has 0 unspecified atom stereocenters. The van der Waals surface area contributed by atoms with Crippen molar-refractivity contribution in [1.82, 2.24) is 4.31 Å². The summed E-state index contributed by atoms with van der Waals surface area (Å²) in [6.45, 7) is 0.663. The van der Waals surface area contributed by atoms with Crippen LogP contribution in [0.4, 0.5) is 0 Å². The van der Waals surface area contributed by atoms with Crippen molar-refractivity contribution in [2.75, 3.05) is 12.8 Å². The van der Waals surface area contributed by atoms with Crippen LogP contribution >= 0.6 is 22.9 Å². The van der Waals surface area contributed by atoms with Crippen molar-refractivity contribution in [3.63, 3.8) is 0 Å². The van der Waals surface area contributed by atoms with Crippen LogP contribution in [0.25, 0.3) is 0 Å². The van der Waals surface area contributed by atoms with Crippen molar-refractivity contribution in [3.8, 4) is 0 Å². The average molecular weight is 402 g/mol. The minimum absolute atomic E-state index is 0.0433. The van der Waals surface area contributed by atoms with Crippen molar-refractivity contribution in [2.45, 2.75) is 25.8 Å². The molecule has 1 N–H and O–H groups in total. The molecule has 0 aliphatic carbocycles. The number of benzene rings is 1. The Hall–Kier alpha value is -1.41. The Labute approximate surface area is 156 Å². The van der Waals surface area contributed by atoms with Gasteiger partial charge in [-0.3, -0.25) is 4.79 Å². The summed E-state index contributed by atoms with van der Waals surface area (Å²) in [6, 6.07) is 11.1. The second-order valence-electron chi connectivity index (χ2n) is 5.77. The number of aliphatic carboxylic acids is 1. The van der Waals surface area contributed by atoms with Crippen molar-refractivity contribution in [1.29, 1.82) is 0 Å². The van der Waals surface area contributed by atoms with Crippen LogP contribution in [0.15, 0.2) is 36.4 Å². The molecule has 5 nitrogen and oxygen atoms in total. The largest absolute Gasteiger partial charge is 0.481 e. The number of hydrogen-bond donors (Lipinski definition) is 1. The first-order valence-electron chi connectivity index (χ1n) is 7.73. The summed E-state index contributed by atoms with van der Waals surface area (Å²) >= 11 is 7.29. The van der Waals surface area contributed by atoms with Crippen LogP contribution in [0, 0.1) is 0 Å². The Bertz CT molecular complexity index is 833. The minimum Gasteiger partial charge on any atom is -0.481 e. The lowest BCUT2D eigenvalue weighted by Gasteiger charge is -2.19. The van der Waals surface area contributed by atoms with Crippen LogP contribution in [0.1, 0.15) is 21.7 Å². The summed E-state index contributed by atoms with van der Waals surface area (Å²) in [6.07, 6.45) is 2.57. The first kappa shape index (κ1) is 19.9. The van der Waals surface area contributed by atoms with Gasteiger partial charge in [0.1, 0.15) is 0 Å². The highest BCUT2D eigenvalue weighted by molar-refractivity contribution is 7.88. The van der Waals surface area contributed by atoms with E-state index < -0.39 is 16.0 Å².